The molecule has 0 unspecified atom stereocenters. The average molecular weight is 454 g/mol. The Bertz CT molecular complexity index is 1240. The van der Waals surface area contributed by atoms with Gasteiger partial charge in [0.25, 0.3) is 0 Å². The molecule has 2 aromatic heterocycles. The lowest BCUT2D eigenvalue weighted by molar-refractivity contribution is 0.202. The highest BCUT2D eigenvalue weighted by Gasteiger charge is 2.30. The van der Waals surface area contributed by atoms with E-state index in [-0.39, 0.29) is 12.5 Å². The Kier molecular flexibility index (Phi) is 5.46. The molecule has 2 aliphatic heterocycles. The highest BCUT2D eigenvalue weighted by atomic mass is 35.5. The predicted molar refractivity (Wildman–Crippen MR) is 121 cm³/mol. The molecule has 9 heteroatoms. The van der Waals surface area contributed by atoms with E-state index in [1.54, 1.807) is 19.3 Å². The van der Waals surface area contributed by atoms with Gasteiger partial charge in [0.2, 0.25) is 5.88 Å². The first-order valence-electron chi connectivity index (χ1n) is 10.8. The zero-order valence-electron chi connectivity index (χ0n) is 17.7. The summed E-state index contributed by atoms with van der Waals surface area (Å²) in [6.45, 7) is 0.552. The van der Waals surface area contributed by atoms with Crippen LogP contribution in [0.25, 0.3) is 11.8 Å². The van der Waals surface area contributed by atoms with Crippen molar-refractivity contribution in [1.82, 2.24) is 9.97 Å². The van der Waals surface area contributed by atoms with Crippen molar-refractivity contribution in [3.63, 3.8) is 0 Å². The number of anilines is 1. The smallest absolute Gasteiger partial charge is 0.412 e. The number of amides is 1. The number of nitrogens with one attached hydrogen (secondary N) is 1. The highest BCUT2D eigenvalue weighted by Crippen LogP contribution is 2.39. The SMILES string of the molecule is COc1cccc(C2CCC(C3=c4[nH]c5c(c4CN=N3)N(C(=O)O)CC=C(Cl)C=5)CC2)n1. The van der Waals surface area contributed by atoms with Gasteiger partial charge in [0, 0.05) is 40.7 Å². The minimum absolute atomic E-state index is 0.201. The fourth-order valence-electron chi connectivity index (χ4n) is 4.93. The van der Waals surface area contributed by atoms with Crippen LogP contribution in [0.3, 0.4) is 0 Å². The van der Waals surface area contributed by atoms with Crippen molar-refractivity contribution in [3.05, 3.63) is 51.3 Å². The molecule has 1 aliphatic carbocycles. The molecule has 5 rings (SSSR count). The van der Waals surface area contributed by atoms with Gasteiger partial charge in [0.15, 0.2) is 0 Å². The Labute approximate surface area is 190 Å². The molecule has 2 aromatic rings. The van der Waals surface area contributed by atoms with Crippen LogP contribution >= 0.6 is 11.6 Å². The molecule has 4 heterocycles. The number of pyridine rings is 1. The second-order valence-electron chi connectivity index (χ2n) is 8.31. The number of methoxy groups -OCH3 is 1. The standard InChI is InChI=1S/C23H24ClN5O3/c1-32-19-4-2-3-17(26-19)13-5-7-14(8-6-13)20-21-16(12-25-28-20)22-18(27-21)11-15(24)9-10-29(22)23(30)31/h2-4,9,11,13-14,27H,5-8,10,12H2,1H3,(H,30,31). The number of halogens is 1. The number of aromatic nitrogens is 2. The molecule has 32 heavy (non-hydrogen) atoms. The molecule has 0 aromatic carbocycles. The van der Waals surface area contributed by atoms with E-state index in [0.717, 1.165) is 48.0 Å². The van der Waals surface area contributed by atoms with Crippen molar-refractivity contribution in [2.75, 3.05) is 18.6 Å². The molecule has 3 aliphatic rings. The summed E-state index contributed by atoms with van der Waals surface area (Å²) in [5.74, 6) is 1.29. The van der Waals surface area contributed by atoms with Gasteiger partial charge >= 0.3 is 6.09 Å². The first-order valence-corrected chi connectivity index (χ1v) is 11.1. The molecule has 0 saturated heterocycles. The number of allylic oxidation sites excluding steroid dienone is 1. The van der Waals surface area contributed by atoms with Gasteiger partial charge in [0.05, 0.1) is 35.7 Å². The third-order valence-electron chi connectivity index (χ3n) is 6.50. The maximum atomic E-state index is 11.9. The fourth-order valence-corrected chi connectivity index (χ4v) is 5.11. The van der Waals surface area contributed by atoms with Crippen LogP contribution < -0.4 is 20.3 Å². The van der Waals surface area contributed by atoms with E-state index < -0.39 is 6.09 Å². The van der Waals surface area contributed by atoms with Crippen LogP contribution in [0.5, 0.6) is 5.88 Å². The molecule has 0 radical (unpaired) electrons. The van der Waals surface area contributed by atoms with Crippen molar-refractivity contribution >= 4 is 35.2 Å². The van der Waals surface area contributed by atoms with Gasteiger partial charge in [-0.1, -0.05) is 17.7 Å². The molecule has 8 nitrogen and oxygen atoms in total. The number of rotatable bonds is 3. The van der Waals surface area contributed by atoms with Crippen molar-refractivity contribution in [1.29, 1.82) is 0 Å². The quantitative estimate of drug-likeness (QED) is 0.736. The van der Waals surface area contributed by atoms with Crippen molar-refractivity contribution < 1.29 is 14.6 Å². The Balaban J connectivity index is 1.48. The van der Waals surface area contributed by atoms with Gasteiger partial charge in [-0.15, -0.1) is 0 Å². The maximum Gasteiger partial charge on any atom is 0.412 e. The van der Waals surface area contributed by atoms with E-state index in [1.807, 2.05) is 12.1 Å². The zero-order chi connectivity index (χ0) is 22.2. The summed E-state index contributed by atoms with van der Waals surface area (Å²) in [7, 11) is 1.63. The fraction of sp³-hybridized carbons (Fsp3) is 0.391. The lowest BCUT2D eigenvalue weighted by Gasteiger charge is -2.28. The van der Waals surface area contributed by atoms with E-state index in [1.165, 1.54) is 4.90 Å². The number of fused-ring (bicyclic) bond motifs is 3. The number of carboxylic acid groups (broad SMARTS) is 1. The molecule has 2 N–H and O–H groups in total. The minimum atomic E-state index is -1.01. The van der Waals surface area contributed by atoms with Crippen molar-refractivity contribution in [3.8, 4) is 5.88 Å². The minimum Gasteiger partial charge on any atom is -0.481 e. The van der Waals surface area contributed by atoms with Crippen LogP contribution in [0.1, 0.15) is 42.9 Å². The summed E-state index contributed by atoms with van der Waals surface area (Å²) in [4.78, 5) is 21.3. The van der Waals surface area contributed by atoms with Gasteiger partial charge in [0.1, 0.15) is 0 Å². The summed E-state index contributed by atoms with van der Waals surface area (Å²) in [5.41, 5.74) is 3.48. The lowest BCUT2D eigenvalue weighted by atomic mass is 9.78. The second-order valence-corrected chi connectivity index (χ2v) is 8.74. The van der Waals surface area contributed by atoms with E-state index in [9.17, 15) is 9.90 Å². The summed E-state index contributed by atoms with van der Waals surface area (Å²) in [6.07, 6.45) is 6.39. The number of ether oxygens (including phenoxy) is 1. The Morgan fingerprint density at radius 3 is 2.78 bits per heavy atom. The molecule has 0 spiro atoms. The number of H-pyrrole nitrogens is 1. The van der Waals surface area contributed by atoms with Crippen molar-refractivity contribution in [2.45, 2.75) is 38.1 Å². The van der Waals surface area contributed by atoms with Crippen molar-refractivity contribution in [2.24, 2.45) is 16.1 Å². The molecule has 1 amide bonds. The molecule has 0 atom stereocenters. The maximum absolute atomic E-state index is 11.9. The van der Waals surface area contributed by atoms with Gasteiger partial charge in [-0.2, -0.15) is 10.2 Å². The Morgan fingerprint density at radius 1 is 1.25 bits per heavy atom. The largest absolute Gasteiger partial charge is 0.481 e. The monoisotopic (exact) mass is 453 g/mol. The number of nitrogens with zero attached hydrogens (tertiary/aromatic N) is 4. The zero-order valence-corrected chi connectivity index (χ0v) is 18.5. The number of hydrogen-bond acceptors (Lipinski definition) is 5. The van der Waals surface area contributed by atoms with E-state index in [4.69, 9.17) is 16.3 Å². The summed E-state index contributed by atoms with van der Waals surface area (Å²) >= 11 is 6.26. The average Bonchev–Trinajstić information content (AvgIpc) is 3.07. The third-order valence-corrected chi connectivity index (χ3v) is 6.77. The van der Waals surface area contributed by atoms with E-state index in [2.05, 4.69) is 26.3 Å². The second kappa shape index (κ2) is 8.43. The van der Waals surface area contributed by atoms with E-state index >= 15 is 0 Å². The summed E-state index contributed by atoms with van der Waals surface area (Å²) in [5, 5.41) is 20.7. The van der Waals surface area contributed by atoms with Crippen LogP contribution in [-0.4, -0.2) is 34.8 Å². The van der Waals surface area contributed by atoms with E-state index in [0.29, 0.717) is 34.4 Å². The molecule has 1 saturated carbocycles. The van der Waals surface area contributed by atoms with Gasteiger partial charge in [-0.3, -0.25) is 4.90 Å². The van der Waals surface area contributed by atoms with Crippen LogP contribution in [0.4, 0.5) is 10.5 Å². The molecule has 166 valence electrons. The summed E-state index contributed by atoms with van der Waals surface area (Å²) in [6, 6.07) is 5.91. The van der Waals surface area contributed by atoms with Crippen LogP contribution in [-0.2, 0) is 6.54 Å². The highest BCUT2D eigenvalue weighted by molar-refractivity contribution is 6.34. The molecular formula is C23H24ClN5O3. The Hall–Kier alpha value is -3.13. The normalized spacial score (nSPS) is 22.4. The first kappa shape index (κ1) is 20.8. The molecule has 0 bridgehead atoms. The van der Waals surface area contributed by atoms with Crippen LogP contribution in [0, 0.1) is 5.92 Å². The number of carbonyl (C=O) groups is 1. The van der Waals surface area contributed by atoms with Gasteiger partial charge in [-0.05, 0) is 43.9 Å². The number of azo groups is 1. The third kappa shape index (κ3) is 3.68. The topological polar surface area (TPSA) is 103 Å². The molecule has 1 fully saturated rings. The number of aromatic amines is 1. The lowest BCUT2D eigenvalue weighted by Crippen LogP contribution is -2.33. The summed E-state index contributed by atoms with van der Waals surface area (Å²) < 4.78 is 5.27. The number of hydrogen-bond donors (Lipinski definition) is 2. The van der Waals surface area contributed by atoms with Gasteiger partial charge < -0.3 is 14.8 Å². The van der Waals surface area contributed by atoms with Gasteiger partial charge in [-0.25, -0.2) is 9.78 Å². The first-order chi connectivity index (χ1) is 15.5. The predicted octanol–water partition coefficient (Wildman–Crippen LogP) is 3.87. The Morgan fingerprint density at radius 2 is 2.03 bits per heavy atom. The molecular weight excluding hydrogens is 430 g/mol. The van der Waals surface area contributed by atoms with Crippen LogP contribution in [0.2, 0.25) is 0 Å². The van der Waals surface area contributed by atoms with Crippen LogP contribution in [0.15, 0.2) is 39.5 Å².